The summed E-state index contributed by atoms with van der Waals surface area (Å²) in [6.07, 6.45) is 15.3. The number of nitrogens with zero attached hydrogens (tertiary/aromatic N) is 5. The second kappa shape index (κ2) is 24.3. The molecular formula is C60H64F4N6O7. The Morgan fingerprint density at radius 3 is 1.57 bits per heavy atom. The quantitative estimate of drug-likeness (QED) is 0.0801. The predicted molar refractivity (Wildman–Crippen MR) is 286 cm³/mol. The molecule has 4 aliphatic heterocycles. The lowest BCUT2D eigenvalue weighted by Gasteiger charge is -2.41. The summed E-state index contributed by atoms with van der Waals surface area (Å²) in [7, 11) is 0. The third-order valence-corrected chi connectivity index (χ3v) is 16.2. The Balaban J connectivity index is 0.000000188. The van der Waals surface area contributed by atoms with Gasteiger partial charge in [0.25, 0.3) is 0 Å². The molecule has 17 heteroatoms. The number of hydrogen-bond donors (Lipinski definition) is 3. The minimum absolute atomic E-state index is 0.0265. The molecule has 0 radical (unpaired) electrons. The van der Waals surface area contributed by atoms with Gasteiger partial charge in [-0.3, -0.25) is 38.3 Å². The van der Waals surface area contributed by atoms with Gasteiger partial charge in [-0.25, -0.2) is 17.6 Å². The van der Waals surface area contributed by atoms with Crippen LogP contribution in [0.3, 0.4) is 0 Å². The largest absolute Gasteiger partial charge is 0.480 e. The van der Waals surface area contributed by atoms with Crippen LogP contribution in [0.1, 0.15) is 97.2 Å². The monoisotopic (exact) mass is 1060 g/mol. The van der Waals surface area contributed by atoms with Crippen molar-refractivity contribution in [2.24, 2.45) is 11.8 Å². The first-order valence-electron chi connectivity index (χ1n) is 26.6. The topological polar surface area (TPSA) is 159 Å². The summed E-state index contributed by atoms with van der Waals surface area (Å²) in [5, 5.41) is 22.6. The number of aromatic nitrogens is 2. The number of aromatic amines is 1. The number of amides is 2. The summed E-state index contributed by atoms with van der Waals surface area (Å²) in [4.78, 5) is 73.0. The molecule has 0 aliphatic carbocycles. The van der Waals surface area contributed by atoms with E-state index in [9.17, 15) is 51.7 Å². The Labute approximate surface area is 444 Å². The highest BCUT2D eigenvalue weighted by molar-refractivity contribution is 5.94. The predicted octanol–water partition coefficient (Wildman–Crippen LogP) is 10.2. The fourth-order valence-corrected chi connectivity index (χ4v) is 12.2. The third-order valence-electron chi connectivity index (χ3n) is 16.2. The standard InChI is InChI=1S/C31H33F2N3O4.C29H31F2N3O3/c1-20(37)36-19-27(26-4-2-3-5-28(26)36)22-8-14-35(15-9-22)30(31(39)40)23-10-12-34(13-11-23)29(38)7-6-21-16-24(32)18-25(33)17-21;30-24-7-5-19(17-25(24)31)6-8-27(35)33-13-11-21(12-14-33)28(29(36)37)34-15-9-20(10-16-34)23-18-32-26-4-2-1-3-22(23)26/h2-7,16-19,22-23,30H,8-15H2,1H3,(H,39,40);1-8,17-18,20-21,28,32H,9-16H2,(H,36,37)/b7-6+;8-6+. The van der Waals surface area contributed by atoms with Crippen LogP contribution in [-0.2, 0) is 19.2 Å². The highest BCUT2D eigenvalue weighted by atomic mass is 19.2. The highest BCUT2D eigenvalue weighted by Crippen LogP contribution is 2.38. The summed E-state index contributed by atoms with van der Waals surface area (Å²) < 4.78 is 55.0. The van der Waals surface area contributed by atoms with Crippen LogP contribution in [0.5, 0.6) is 0 Å². The Hall–Kier alpha value is -7.37. The number of nitrogens with one attached hydrogen (secondary N) is 1. The molecule has 0 bridgehead atoms. The van der Waals surface area contributed by atoms with E-state index in [1.54, 1.807) is 21.3 Å². The van der Waals surface area contributed by atoms with E-state index in [1.165, 1.54) is 41.3 Å². The molecule has 2 unspecified atom stereocenters. The van der Waals surface area contributed by atoms with E-state index in [-0.39, 0.29) is 41.0 Å². The second-order valence-electron chi connectivity index (χ2n) is 20.8. The number of fused-ring (bicyclic) bond motifs is 2. The van der Waals surface area contributed by atoms with Gasteiger partial charge in [0, 0.05) is 80.0 Å². The van der Waals surface area contributed by atoms with Gasteiger partial charge in [0.15, 0.2) is 11.6 Å². The molecule has 2 atom stereocenters. The van der Waals surface area contributed by atoms with E-state index in [0.29, 0.717) is 76.4 Å². The van der Waals surface area contributed by atoms with Gasteiger partial charge in [-0.1, -0.05) is 42.5 Å². The number of carboxylic acid groups (broad SMARTS) is 2. The number of carbonyl (C=O) groups excluding carboxylic acids is 3. The Morgan fingerprint density at radius 1 is 0.558 bits per heavy atom. The van der Waals surface area contributed by atoms with Crippen molar-refractivity contribution in [3.8, 4) is 0 Å². The number of carboxylic acids is 2. The van der Waals surface area contributed by atoms with Crippen LogP contribution in [0.2, 0.25) is 0 Å². The molecule has 2 amide bonds. The first-order valence-corrected chi connectivity index (χ1v) is 26.6. The van der Waals surface area contributed by atoms with Crippen molar-refractivity contribution in [3.05, 3.63) is 155 Å². The zero-order valence-corrected chi connectivity index (χ0v) is 43.0. The van der Waals surface area contributed by atoms with Crippen LogP contribution in [0.15, 0.2) is 109 Å². The van der Waals surface area contributed by atoms with Crippen molar-refractivity contribution in [3.63, 3.8) is 0 Å². The van der Waals surface area contributed by atoms with Gasteiger partial charge in [-0.15, -0.1) is 0 Å². The number of halogens is 4. The van der Waals surface area contributed by atoms with Gasteiger partial charge in [0.1, 0.15) is 23.7 Å². The summed E-state index contributed by atoms with van der Waals surface area (Å²) in [6.45, 7) is 6.11. The number of aliphatic carboxylic acids is 2. The summed E-state index contributed by atoms with van der Waals surface area (Å²) in [5.74, 6) is -4.92. The zero-order chi connectivity index (χ0) is 54.3. The van der Waals surface area contributed by atoms with Crippen molar-refractivity contribution < 1.29 is 51.7 Å². The molecule has 0 saturated carbocycles. The van der Waals surface area contributed by atoms with Gasteiger partial charge < -0.3 is 25.0 Å². The van der Waals surface area contributed by atoms with E-state index in [2.05, 4.69) is 33.1 Å². The molecule has 404 valence electrons. The fourth-order valence-electron chi connectivity index (χ4n) is 12.2. The van der Waals surface area contributed by atoms with Gasteiger partial charge in [0.2, 0.25) is 17.7 Å². The van der Waals surface area contributed by atoms with E-state index >= 15 is 0 Å². The molecular weight excluding hydrogens is 993 g/mol. The molecule has 4 aromatic carbocycles. The van der Waals surface area contributed by atoms with E-state index in [0.717, 1.165) is 91.1 Å². The molecule has 4 aliphatic rings. The lowest BCUT2D eigenvalue weighted by molar-refractivity contribution is -0.148. The third kappa shape index (κ3) is 12.7. The molecule has 13 nitrogen and oxygen atoms in total. The molecule has 6 aromatic rings. The first kappa shape index (κ1) is 54.4. The Bertz CT molecular complexity index is 3160. The van der Waals surface area contributed by atoms with Gasteiger partial charge in [-0.05, 0) is 172 Å². The molecule has 3 N–H and O–H groups in total. The summed E-state index contributed by atoms with van der Waals surface area (Å²) in [5.41, 5.74) is 5.15. The summed E-state index contributed by atoms with van der Waals surface area (Å²) >= 11 is 0. The SMILES string of the molecule is CC(=O)n1cc(C2CCN(C(C(=O)O)C3CCN(C(=O)/C=C/c4cc(F)cc(F)c4)CC3)CC2)c2ccccc21.O=C(O)C(C1CCN(C(=O)/C=C/c2ccc(F)c(F)c2)CC1)N1CCC(c2c[nH]c3ccccc23)CC1. The highest BCUT2D eigenvalue weighted by Gasteiger charge is 2.40. The van der Waals surface area contributed by atoms with Crippen LogP contribution in [0, 0.1) is 35.1 Å². The van der Waals surface area contributed by atoms with Crippen molar-refractivity contribution >= 4 is 63.6 Å². The number of likely N-dealkylation sites (tertiary alicyclic amines) is 4. The van der Waals surface area contributed by atoms with Crippen molar-refractivity contribution in [1.82, 2.24) is 29.2 Å². The summed E-state index contributed by atoms with van der Waals surface area (Å²) in [6, 6.07) is 21.5. The molecule has 77 heavy (non-hydrogen) atoms. The maximum atomic E-state index is 13.4. The van der Waals surface area contributed by atoms with Crippen LogP contribution in [0.4, 0.5) is 17.6 Å². The average Bonchev–Trinajstić information content (AvgIpc) is 4.09. The Kier molecular flexibility index (Phi) is 17.2. The normalized spacial score (nSPS) is 18.7. The van der Waals surface area contributed by atoms with E-state index < -0.39 is 47.3 Å². The fraction of sp³-hybridized carbons (Fsp3) is 0.383. The number of benzene rings is 4. The number of carbonyl (C=O) groups is 5. The second-order valence-corrected chi connectivity index (χ2v) is 20.8. The van der Waals surface area contributed by atoms with Crippen LogP contribution < -0.4 is 0 Å². The van der Waals surface area contributed by atoms with Crippen LogP contribution in [0.25, 0.3) is 34.0 Å². The molecule has 6 heterocycles. The smallest absolute Gasteiger partial charge is 0.321 e. The zero-order valence-electron chi connectivity index (χ0n) is 43.0. The van der Waals surface area contributed by atoms with E-state index in [4.69, 9.17) is 0 Å². The number of para-hydroxylation sites is 2. The van der Waals surface area contributed by atoms with Crippen molar-refractivity contribution in [2.45, 2.75) is 82.2 Å². The number of piperidine rings is 4. The van der Waals surface area contributed by atoms with Gasteiger partial charge in [0.05, 0.1) is 5.52 Å². The number of H-pyrrole nitrogens is 1. The molecule has 4 fully saturated rings. The van der Waals surface area contributed by atoms with Gasteiger partial charge in [-0.2, -0.15) is 0 Å². The maximum Gasteiger partial charge on any atom is 0.321 e. The van der Waals surface area contributed by atoms with Crippen LogP contribution in [-0.4, -0.2) is 133 Å². The minimum Gasteiger partial charge on any atom is -0.480 e. The van der Waals surface area contributed by atoms with Crippen LogP contribution >= 0.6 is 0 Å². The number of hydrogen-bond acceptors (Lipinski definition) is 7. The molecule has 4 saturated heterocycles. The van der Waals surface area contributed by atoms with Gasteiger partial charge >= 0.3 is 11.9 Å². The first-order chi connectivity index (χ1) is 37.1. The maximum absolute atomic E-state index is 13.4. The van der Waals surface area contributed by atoms with Crippen molar-refractivity contribution in [2.75, 3.05) is 52.4 Å². The average molecular weight is 1060 g/mol. The molecule has 10 rings (SSSR count). The minimum atomic E-state index is -0.958. The van der Waals surface area contributed by atoms with E-state index in [1.807, 2.05) is 42.6 Å². The van der Waals surface area contributed by atoms with Crippen molar-refractivity contribution in [1.29, 1.82) is 0 Å². The number of rotatable bonds is 12. The lowest BCUT2D eigenvalue weighted by Crippen LogP contribution is -2.52. The molecule has 0 spiro atoms. The molecule has 2 aromatic heterocycles. The Morgan fingerprint density at radius 2 is 1.05 bits per heavy atom. The lowest BCUT2D eigenvalue weighted by atomic mass is 9.84.